The summed E-state index contributed by atoms with van der Waals surface area (Å²) in [7, 11) is 0. The normalized spacial score (nSPS) is 28.4. The van der Waals surface area contributed by atoms with E-state index in [9.17, 15) is 0 Å². The maximum atomic E-state index is 8.54. The predicted octanol–water partition coefficient (Wildman–Crippen LogP) is -0.0805. The molecule has 0 saturated carbocycles. The van der Waals surface area contributed by atoms with Gasteiger partial charge in [0.15, 0.2) is 5.84 Å². The summed E-state index contributed by atoms with van der Waals surface area (Å²) < 4.78 is 5.76. The number of oxime groups is 1. The Morgan fingerprint density at radius 3 is 2.56 bits per heavy atom. The largest absolute Gasteiger partial charge is 0.409 e. The van der Waals surface area contributed by atoms with Gasteiger partial charge in [0.25, 0.3) is 0 Å². The first kappa shape index (κ1) is 13.6. The highest BCUT2D eigenvalue weighted by Gasteiger charge is 2.22. The minimum Gasteiger partial charge on any atom is -0.409 e. The van der Waals surface area contributed by atoms with E-state index in [1.165, 1.54) is 19.3 Å². The zero-order chi connectivity index (χ0) is 12.8. The number of nitrogens with two attached hydrogens (primary N) is 1. The van der Waals surface area contributed by atoms with Crippen LogP contribution in [0.3, 0.4) is 0 Å². The lowest BCUT2D eigenvalue weighted by Crippen LogP contribution is -2.50. The Morgan fingerprint density at radius 2 is 1.94 bits per heavy atom. The van der Waals surface area contributed by atoms with Gasteiger partial charge in [0.2, 0.25) is 0 Å². The summed E-state index contributed by atoms with van der Waals surface area (Å²) in [6.45, 7) is 6.57. The molecule has 6 heteroatoms. The maximum Gasteiger partial charge on any atom is 0.153 e. The van der Waals surface area contributed by atoms with Gasteiger partial charge in [-0.1, -0.05) is 5.16 Å². The Balaban J connectivity index is 1.66. The smallest absolute Gasteiger partial charge is 0.153 e. The topological polar surface area (TPSA) is 74.3 Å². The van der Waals surface area contributed by atoms with Crippen molar-refractivity contribution in [3.8, 4) is 0 Å². The zero-order valence-electron chi connectivity index (χ0n) is 10.9. The van der Waals surface area contributed by atoms with Crippen molar-refractivity contribution in [2.24, 2.45) is 10.9 Å². The summed E-state index contributed by atoms with van der Waals surface area (Å²) in [6, 6.07) is 0. The van der Waals surface area contributed by atoms with E-state index in [0.717, 1.165) is 39.3 Å². The molecule has 0 aromatic carbocycles. The SMILES string of the molecule is NC(CN1CCN(CC2CCCCO2)CC1)=NO. The summed E-state index contributed by atoms with van der Waals surface area (Å²) in [5, 5.41) is 11.6. The molecular weight excluding hydrogens is 232 g/mol. The lowest BCUT2D eigenvalue weighted by atomic mass is 10.1. The summed E-state index contributed by atoms with van der Waals surface area (Å²) >= 11 is 0. The fourth-order valence-electron chi connectivity index (χ4n) is 2.63. The van der Waals surface area contributed by atoms with Crippen LogP contribution in [0.25, 0.3) is 0 Å². The number of amidine groups is 1. The highest BCUT2D eigenvalue weighted by atomic mass is 16.5. The summed E-state index contributed by atoms with van der Waals surface area (Å²) in [5.41, 5.74) is 5.51. The molecule has 3 N–H and O–H groups in total. The number of hydrogen-bond acceptors (Lipinski definition) is 5. The molecule has 2 heterocycles. The molecule has 2 aliphatic heterocycles. The fourth-order valence-corrected chi connectivity index (χ4v) is 2.63. The van der Waals surface area contributed by atoms with Crippen LogP contribution in [0.15, 0.2) is 5.16 Å². The molecule has 2 rings (SSSR count). The van der Waals surface area contributed by atoms with Crippen LogP contribution in [-0.4, -0.2) is 72.8 Å². The second-order valence-electron chi connectivity index (χ2n) is 5.16. The van der Waals surface area contributed by atoms with E-state index in [-0.39, 0.29) is 0 Å². The molecule has 0 bridgehead atoms. The third kappa shape index (κ3) is 4.12. The maximum absolute atomic E-state index is 8.54. The molecule has 0 amide bonds. The van der Waals surface area contributed by atoms with Gasteiger partial charge in [0.1, 0.15) is 0 Å². The van der Waals surface area contributed by atoms with E-state index in [0.29, 0.717) is 18.5 Å². The van der Waals surface area contributed by atoms with E-state index in [2.05, 4.69) is 15.0 Å². The lowest BCUT2D eigenvalue weighted by molar-refractivity contribution is -0.0132. The standard InChI is InChI=1S/C12H24N4O2/c13-12(14-17)10-16-6-4-15(5-7-16)9-11-3-1-2-8-18-11/h11,17H,1-10H2,(H2,13,14). The first-order valence-corrected chi connectivity index (χ1v) is 6.80. The monoisotopic (exact) mass is 256 g/mol. The van der Waals surface area contributed by atoms with Crippen LogP contribution in [-0.2, 0) is 4.74 Å². The molecular formula is C12H24N4O2. The Labute approximate surface area is 108 Å². The first-order valence-electron chi connectivity index (χ1n) is 6.80. The van der Waals surface area contributed by atoms with Gasteiger partial charge in [-0.3, -0.25) is 9.80 Å². The molecule has 0 spiro atoms. The van der Waals surface area contributed by atoms with E-state index in [4.69, 9.17) is 15.7 Å². The lowest BCUT2D eigenvalue weighted by Gasteiger charge is -2.36. The number of piperazine rings is 1. The minimum atomic E-state index is 0.291. The van der Waals surface area contributed by atoms with Gasteiger partial charge < -0.3 is 15.7 Å². The Morgan fingerprint density at radius 1 is 1.22 bits per heavy atom. The quantitative estimate of drug-likeness (QED) is 0.318. The highest BCUT2D eigenvalue weighted by molar-refractivity contribution is 5.81. The van der Waals surface area contributed by atoms with Crippen LogP contribution in [0.2, 0.25) is 0 Å². The molecule has 2 saturated heterocycles. The van der Waals surface area contributed by atoms with Crippen LogP contribution in [0.4, 0.5) is 0 Å². The van der Waals surface area contributed by atoms with Crippen molar-refractivity contribution in [1.29, 1.82) is 0 Å². The van der Waals surface area contributed by atoms with Gasteiger partial charge in [0, 0.05) is 39.3 Å². The Bertz CT molecular complexity index is 271. The minimum absolute atomic E-state index is 0.291. The van der Waals surface area contributed by atoms with Crippen LogP contribution >= 0.6 is 0 Å². The van der Waals surface area contributed by atoms with Crippen molar-refractivity contribution in [2.45, 2.75) is 25.4 Å². The average molecular weight is 256 g/mol. The van der Waals surface area contributed by atoms with E-state index >= 15 is 0 Å². The van der Waals surface area contributed by atoms with E-state index < -0.39 is 0 Å². The van der Waals surface area contributed by atoms with E-state index in [1.807, 2.05) is 0 Å². The summed E-state index contributed by atoms with van der Waals surface area (Å²) in [5.74, 6) is 0.291. The molecule has 2 aliphatic rings. The molecule has 1 atom stereocenters. The molecule has 2 fully saturated rings. The Hall–Kier alpha value is -0.850. The first-order chi connectivity index (χ1) is 8.78. The molecule has 104 valence electrons. The molecule has 0 radical (unpaired) electrons. The second-order valence-corrected chi connectivity index (χ2v) is 5.16. The van der Waals surface area contributed by atoms with Gasteiger partial charge in [-0.05, 0) is 19.3 Å². The van der Waals surface area contributed by atoms with Gasteiger partial charge in [-0.15, -0.1) is 0 Å². The molecule has 0 aliphatic carbocycles. The highest BCUT2D eigenvalue weighted by Crippen LogP contribution is 2.14. The molecule has 1 unspecified atom stereocenters. The second kappa shape index (κ2) is 6.92. The fraction of sp³-hybridized carbons (Fsp3) is 0.917. The molecule has 18 heavy (non-hydrogen) atoms. The van der Waals surface area contributed by atoms with Crippen molar-refractivity contribution < 1.29 is 9.94 Å². The molecule has 0 aromatic heterocycles. The van der Waals surface area contributed by atoms with Crippen molar-refractivity contribution in [3.63, 3.8) is 0 Å². The van der Waals surface area contributed by atoms with Crippen molar-refractivity contribution >= 4 is 5.84 Å². The van der Waals surface area contributed by atoms with E-state index in [1.54, 1.807) is 0 Å². The van der Waals surface area contributed by atoms with Crippen LogP contribution in [0.1, 0.15) is 19.3 Å². The predicted molar refractivity (Wildman–Crippen MR) is 69.9 cm³/mol. The number of nitrogens with zero attached hydrogens (tertiary/aromatic N) is 3. The van der Waals surface area contributed by atoms with Crippen LogP contribution in [0.5, 0.6) is 0 Å². The average Bonchev–Trinajstić information content (AvgIpc) is 2.42. The number of hydrogen-bond donors (Lipinski definition) is 2. The zero-order valence-corrected chi connectivity index (χ0v) is 10.9. The van der Waals surface area contributed by atoms with Crippen molar-refractivity contribution in [1.82, 2.24) is 9.80 Å². The molecule has 0 aromatic rings. The molecule has 6 nitrogen and oxygen atoms in total. The third-order valence-corrected chi connectivity index (χ3v) is 3.71. The van der Waals surface area contributed by atoms with Gasteiger partial charge in [0.05, 0.1) is 12.6 Å². The Kier molecular flexibility index (Phi) is 5.22. The van der Waals surface area contributed by atoms with Crippen molar-refractivity contribution in [2.75, 3.05) is 45.9 Å². The number of rotatable bonds is 4. The van der Waals surface area contributed by atoms with Crippen LogP contribution in [0, 0.1) is 0 Å². The number of ether oxygens (including phenoxy) is 1. The van der Waals surface area contributed by atoms with Gasteiger partial charge in [-0.2, -0.15) is 0 Å². The third-order valence-electron chi connectivity index (χ3n) is 3.71. The van der Waals surface area contributed by atoms with Crippen molar-refractivity contribution in [3.05, 3.63) is 0 Å². The summed E-state index contributed by atoms with van der Waals surface area (Å²) in [4.78, 5) is 4.67. The van der Waals surface area contributed by atoms with Crippen LogP contribution < -0.4 is 5.73 Å². The van der Waals surface area contributed by atoms with Gasteiger partial charge >= 0.3 is 0 Å². The van der Waals surface area contributed by atoms with Gasteiger partial charge in [-0.25, -0.2) is 0 Å². The summed E-state index contributed by atoms with van der Waals surface area (Å²) in [6.07, 6.45) is 4.14.